The molecule has 2 rings (SSSR count). The second-order valence-electron chi connectivity index (χ2n) is 4.25. The number of hydrogen-bond acceptors (Lipinski definition) is 3. The van der Waals surface area contributed by atoms with Crippen LogP contribution in [0.4, 0.5) is 8.78 Å². The number of hydrogen-bond donors (Lipinski definition) is 0. The minimum Gasteiger partial charge on any atom is -0.459 e. The van der Waals surface area contributed by atoms with E-state index in [0.29, 0.717) is 12.7 Å². The van der Waals surface area contributed by atoms with Crippen LogP contribution in [0.5, 0.6) is 0 Å². The molecule has 0 radical (unpaired) electrons. The van der Waals surface area contributed by atoms with Gasteiger partial charge in [0.2, 0.25) is 0 Å². The van der Waals surface area contributed by atoms with E-state index in [2.05, 4.69) is 0 Å². The molecule has 0 aromatic heterocycles. The van der Waals surface area contributed by atoms with Crippen LogP contribution < -0.4 is 0 Å². The van der Waals surface area contributed by atoms with E-state index in [9.17, 15) is 13.6 Å². The van der Waals surface area contributed by atoms with Crippen molar-refractivity contribution in [2.45, 2.75) is 25.4 Å². The summed E-state index contributed by atoms with van der Waals surface area (Å²) in [5.74, 6) is -2.32. The Hall–Kier alpha value is -1.49. The van der Waals surface area contributed by atoms with Gasteiger partial charge in [0.1, 0.15) is 18.2 Å². The number of carbonyl (C=O) groups excluding carboxylic acids is 1. The van der Waals surface area contributed by atoms with E-state index < -0.39 is 17.6 Å². The highest BCUT2D eigenvalue weighted by Crippen LogP contribution is 2.14. The van der Waals surface area contributed by atoms with E-state index >= 15 is 0 Å². The molecule has 5 heteroatoms. The summed E-state index contributed by atoms with van der Waals surface area (Å²) < 4.78 is 36.2. The van der Waals surface area contributed by atoms with Crippen LogP contribution in [0.1, 0.15) is 29.6 Å². The number of carbonyl (C=O) groups is 1. The first kappa shape index (κ1) is 13.0. The molecule has 1 heterocycles. The molecule has 0 bridgehead atoms. The monoisotopic (exact) mass is 256 g/mol. The third kappa shape index (κ3) is 3.50. The molecule has 1 unspecified atom stereocenters. The Bertz CT molecular complexity index is 408. The van der Waals surface area contributed by atoms with Gasteiger partial charge in [-0.2, -0.15) is 0 Å². The van der Waals surface area contributed by atoms with Gasteiger partial charge in [0.05, 0.1) is 11.7 Å². The Kier molecular flexibility index (Phi) is 4.25. The van der Waals surface area contributed by atoms with E-state index in [-0.39, 0.29) is 18.3 Å². The molecule has 1 fully saturated rings. The predicted octanol–water partition coefficient (Wildman–Crippen LogP) is 2.69. The Morgan fingerprint density at radius 3 is 2.61 bits per heavy atom. The summed E-state index contributed by atoms with van der Waals surface area (Å²) in [6.07, 6.45) is 2.78. The van der Waals surface area contributed by atoms with Crippen molar-refractivity contribution >= 4 is 5.97 Å². The highest BCUT2D eigenvalue weighted by Gasteiger charge is 2.17. The molecule has 1 aromatic carbocycles. The molecule has 1 aliphatic heterocycles. The molecule has 1 atom stereocenters. The van der Waals surface area contributed by atoms with Crippen molar-refractivity contribution in [1.29, 1.82) is 0 Å². The van der Waals surface area contributed by atoms with Gasteiger partial charge in [0, 0.05) is 12.7 Å². The number of rotatable bonds is 3. The molecule has 98 valence electrons. The largest absolute Gasteiger partial charge is 0.459 e. The van der Waals surface area contributed by atoms with Crippen molar-refractivity contribution in [3.05, 3.63) is 35.4 Å². The fourth-order valence-electron chi connectivity index (χ4n) is 1.86. The lowest BCUT2D eigenvalue weighted by molar-refractivity contribution is -0.0300. The van der Waals surface area contributed by atoms with Gasteiger partial charge >= 0.3 is 5.97 Å². The van der Waals surface area contributed by atoms with E-state index in [1.54, 1.807) is 0 Å². The summed E-state index contributed by atoms with van der Waals surface area (Å²) >= 11 is 0. The van der Waals surface area contributed by atoms with Gasteiger partial charge in [-0.05, 0) is 31.4 Å². The zero-order valence-electron chi connectivity index (χ0n) is 9.83. The fraction of sp³-hybridized carbons (Fsp3) is 0.462. The van der Waals surface area contributed by atoms with Gasteiger partial charge in [-0.1, -0.05) is 0 Å². The first-order chi connectivity index (χ1) is 8.65. The highest BCUT2D eigenvalue weighted by molar-refractivity contribution is 5.89. The molecular weight excluding hydrogens is 242 g/mol. The van der Waals surface area contributed by atoms with E-state index in [1.165, 1.54) is 0 Å². The third-order valence-corrected chi connectivity index (χ3v) is 2.77. The van der Waals surface area contributed by atoms with Crippen molar-refractivity contribution < 1.29 is 23.0 Å². The van der Waals surface area contributed by atoms with Crippen molar-refractivity contribution in [2.75, 3.05) is 13.2 Å². The fourth-order valence-corrected chi connectivity index (χ4v) is 1.86. The van der Waals surface area contributed by atoms with Gasteiger partial charge in [-0.3, -0.25) is 0 Å². The SMILES string of the molecule is O=C(OCC1CCCCO1)c1cc(F)cc(F)c1. The topological polar surface area (TPSA) is 35.5 Å². The normalized spacial score (nSPS) is 19.6. The van der Waals surface area contributed by atoms with Gasteiger partial charge in [0.25, 0.3) is 0 Å². The molecule has 1 saturated heterocycles. The highest BCUT2D eigenvalue weighted by atomic mass is 19.1. The zero-order valence-corrected chi connectivity index (χ0v) is 9.83. The molecule has 18 heavy (non-hydrogen) atoms. The first-order valence-electron chi connectivity index (χ1n) is 5.90. The first-order valence-corrected chi connectivity index (χ1v) is 5.90. The Balaban J connectivity index is 1.90. The lowest BCUT2D eigenvalue weighted by Crippen LogP contribution is -2.26. The summed E-state index contributed by atoms with van der Waals surface area (Å²) in [7, 11) is 0. The molecule has 0 spiro atoms. The van der Waals surface area contributed by atoms with Crippen LogP contribution in [0.3, 0.4) is 0 Å². The second kappa shape index (κ2) is 5.91. The molecule has 3 nitrogen and oxygen atoms in total. The molecule has 0 amide bonds. The average molecular weight is 256 g/mol. The quantitative estimate of drug-likeness (QED) is 0.780. The summed E-state index contributed by atoms with van der Waals surface area (Å²) in [6, 6.07) is 2.61. The van der Waals surface area contributed by atoms with Crippen LogP contribution in [0, 0.1) is 11.6 Å². The van der Waals surface area contributed by atoms with Crippen LogP contribution >= 0.6 is 0 Å². The number of esters is 1. The minimum atomic E-state index is -0.795. The summed E-state index contributed by atoms with van der Waals surface area (Å²) in [5.41, 5.74) is -0.122. The second-order valence-corrected chi connectivity index (χ2v) is 4.25. The van der Waals surface area contributed by atoms with Gasteiger partial charge in [-0.15, -0.1) is 0 Å². The maximum Gasteiger partial charge on any atom is 0.338 e. The molecule has 0 saturated carbocycles. The molecule has 0 N–H and O–H groups in total. The smallest absolute Gasteiger partial charge is 0.338 e. The van der Waals surface area contributed by atoms with Crippen LogP contribution in [-0.2, 0) is 9.47 Å². The third-order valence-electron chi connectivity index (χ3n) is 2.77. The van der Waals surface area contributed by atoms with Crippen molar-refractivity contribution in [3.63, 3.8) is 0 Å². The molecule has 1 aliphatic rings. The molecule has 0 aliphatic carbocycles. The van der Waals surface area contributed by atoms with E-state index in [1.807, 2.05) is 0 Å². The lowest BCUT2D eigenvalue weighted by atomic mass is 10.1. The maximum atomic E-state index is 12.9. The lowest BCUT2D eigenvalue weighted by Gasteiger charge is -2.22. The summed E-state index contributed by atoms with van der Waals surface area (Å²) in [6.45, 7) is 0.785. The Morgan fingerprint density at radius 2 is 2.00 bits per heavy atom. The predicted molar refractivity (Wildman–Crippen MR) is 60.2 cm³/mol. The number of benzene rings is 1. The van der Waals surface area contributed by atoms with Crippen LogP contribution in [0.25, 0.3) is 0 Å². The van der Waals surface area contributed by atoms with Crippen LogP contribution in [-0.4, -0.2) is 25.3 Å². The van der Waals surface area contributed by atoms with E-state index in [4.69, 9.17) is 9.47 Å². The van der Waals surface area contributed by atoms with Gasteiger partial charge in [0.15, 0.2) is 0 Å². The maximum absolute atomic E-state index is 12.9. The Labute approximate surface area is 104 Å². The standard InChI is InChI=1S/C13H14F2O3/c14-10-5-9(6-11(15)7-10)13(16)18-8-12-3-1-2-4-17-12/h5-7,12H,1-4,8H2. The van der Waals surface area contributed by atoms with Crippen LogP contribution in [0.2, 0.25) is 0 Å². The van der Waals surface area contributed by atoms with Crippen molar-refractivity contribution in [2.24, 2.45) is 0 Å². The summed E-state index contributed by atoms with van der Waals surface area (Å²) in [4.78, 5) is 11.6. The van der Waals surface area contributed by atoms with Gasteiger partial charge in [-0.25, -0.2) is 13.6 Å². The van der Waals surface area contributed by atoms with Crippen molar-refractivity contribution in [1.82, 2.24) is 0 Å². The number of ether oxygens (including phenoxy) is 2. The van der Waals surface area contributed by atoms with E-state index in [0.717, 1.165) is 31.4 Å². The summed E-state index contributed by atoms with van der Waals surface area (Å²) in [5, 5.41) is 0. The molecular formula is C13H14F2O3. The molecule has 1 aromatic rings. The van der Waals surface area contributed by atoms with Gasteiger partial charge < -0.3 is 9.47 Å². The number of halogens is 2. The average Bonchev–Trinajstić information content (AvgIpc) is 2.36. The van der Waals surface area contributed by atoms with Crippen molar-refractivity contribution in [3.8, 4) is 0 Å². The minimum absolute atomic E-state index is 0.110. The zero-order chi connectivity index (χ0) is 13.0. The Morgan fingerprint density at radius 1 is 1.28 bits per heavy atom. The van der Waals surface area contributed by atoms with Crippen LogP contribution in [0.15, 0.2) is 18.2 Å².